The molecule has 0 aromatic heterocycles. The molecule has 1 fully saturated rings. The normalized spacial score (nSPS) is 21.3. The van der Waals surface area contributed by atoms with Gasteiger partial charge in [0.15, 0.2) is 0 Å². The summed E-state index contributed by atoms with van der Waals surface area (Å²) >= 11 is 0. The van der Waals surface area contributed by atoms with Crippen LogP contribution in [0.3, 0.4) is 0 Å². The van der Waals surface area contributed by atoms with Crippen molar-refractivity contribution in [2.45, 2.75) is 44.4 Å². The summed E-state index contributed by atoms with van der Waals surface area (Å²) in [6.07, 6.45) is 8.94. The smallest absolute Gasteiger partial charge is 0.134 e. The molecule has 1 aliphatic carbocycles. The van der Waals surface area contributed by atoms with Crippen LogP contribution in [-0.2, 0) is 0 Å². The zero-order valence-corrected chi connectivity index (χ0v) is 13.9. The summed E-state index contributed by atoms with van der Waals surface area (Å²) in [6, 6.07) is 9.57. The Hall–Kier alpha value is -1.83. The fourth-order valence-corrected chi connectivity index (χ4v) is 3.84. The highest BCUT2D eigenvalue weighted by atomic mass is 19.1. The molecule has 3 rings (SSSR count). The van der Waals surface area contributed by atoms with E-state index in [0.717, 1.165) is 41.9 Å². The number of ether oxygens (including phenoxy) is 1. The third-order valence-electron chi connectivity index (χ3n) is 5.26. The first-order valence-corrected chi connectivity index (χ1v) is 8.60. The third kappa shape index (κ3) is 3.41. The van der Waals surface area contributed by atoms with Gasteiger partial charge in [0.25, 0.3) is 0 Å². The van der Waals surface area contributed by atoms with Crippen LogP contribution in [-0.4, -0.2) is 7.11 Å². The number of hydrogen-bond donors (Lipinski definition) is 0. The van der Waals surface area contributed by atoms with E-state index >= 15 is 0 Å². The van der Waals surface area contributed by atoms with Crippen molar-refractivity contribution in [3.05, 3.63) is 54.4 Å². The Bertz CT molecular complexity index is 684. The van der Waals surface area contributed by atoms with Crippen LogP contribution in [0.2, 0.25) is 0 Å². The molecular weight excluding hydrogens is 287 g/mol. The van der Waals surface area contributed by atoms with Gasteiger partial charge in [-0.05, 0) is 79.5 Å². The van der Waals surface area contributed by atoms with Crippen LogP contribution in [0.15, 0.2) is 43.0 Å². The number of benzene rings is 2. The zero-order valence-electron chi connectivity index (χ0n) is 13.9. The molecule has 0 heterocycles. The maximum absolute atomic E-state index is 14.9. The van der Waals surface area contributed by atoms with E-state index in [0.29, 0.717) is 11.3 Å². The maximum Gasteiger partial charge on any atom is 0.134 e. The van der Waals surface area contributed by atoms with Crippen molar-refractivity contribution >= 4 is 10.8 Å². The van der Waals surface area contributed by atoms with Crippen LogP contribution < -0.4 is 4.74 Å². The van der Waals surface area contributed by atoms with Gasteiger partial charge in [-0.2, -0.15) is 0 Å². The lowest BCUT2D eigenvalue weighted by atomic mass is 9.77. The van der Waals surface area contributed by atoms with Gasteiger partial charge in [0.1, 0.15) is 11.6 Å². The zero-order chi connectivity index (χ0) is 16.2. The van der Waals surface area contributed by atoms with Gasteiger partial charge in [-0.25, -0.2) is 4.39 Å². The van der Waals surface area contributed by atoms with Crippen molar-refractivity contribution in [1.29, 1.82) is 0 Å². The molecule has 1 saturated carbocycles. The Kier molecular flexibility index (Phi) is 5.00. The maximum atomic E-state index is 14.9. The summed E-state index contributed by atoms with van der Waals surface area (Å²) in [6.45, 7) is 3.80. The predicted molar refractivity (Wildman–Crippen MR) is 94.6 cm³/mol. The summed E-state index contributed by atoms with van der Waals surface area (Å²) in [4.78, 5) is 0. The summed E-state index contributed by atoms with van der Waals surface area (Å²) < 4.78 is 20.2. The molecule has 0 amide bonds. The van der Waals surface area contributed by atoms with Gasteiger partial charge < -0.3 is 4.74 Å². The molecule has 122 valence electrons. The van der Waals surface area contributed by atoms with Crippen molar-refractivity contribution in [3.63, 3.8) is 0 Å². The second-order valence-corrected chi connectivity index (χ2v) is 6.64. The van der Waals surface area contributed by atoms with Gasteiger partial charge in [-0.15, -0.1) is 6.58 Å². The van der Waals surface area contributed by atoms with Crippen molar-refractivity contribution in [2.24, 2.45) is 5.92 Å². The van der Waals surface area contributed by atoms with Gasteiger partial charge >= 0.3 is 0 Å². The largest absolute Gasteiger partial charge is 0.497 e. The molecule has 0 radical (unpaired) electrons. The van der Waals surface area contributed by atoms with Crippen molar-refractivity contribution in [1.82, 2.24) is 0 Å². The van der Waals surface area contributed by atoms with E-state index in [1.165, 1.54) is 19.3 Å². The van der Waals surface area contributed by atoms with Crippen LogP contribution in [0.4, 0.5) is 4.39 Å². The second-order valence-electron chi connectivity index (χ2n) is 6.64. The van der Waals surface area contributed by atoms with Gasteiger partial charge in [-0.1, -0.05) is 18.2 Å². The van der Waals surface area contributed by atoms with E-state index in [9.17, 15) is 4.39 Å². The SMILES string of the molecule is C=CCCC1CCC(c2ccc3cc(OC)ccc3c2F)CC1. The molecule has 23 heavy (non-hydrogen) atoms. The lowest BCUT2D eigenvalue weighted by molar-refractivity contribution is 0.308. The number of fused-ring (bicyclic) bond motifs is 1. The highest BCUT2D eigenvalue weighted by Gasteiger charge is 2.24. The van der Waals surface area contributed by atoms with Crippen LogP contribution in [0, 0.1) is 11.7 Å². The van der Waals surface area contributed by atoms with E-state index in [4.69, 9.17) is 4.74 Å². The fraction of sp³-hybridized carbons (Fsp3) is 0.429. The number of methoxy groups -OCH3 is 1. The van der Waals surface area contributed by atoms with Crippen molar-refractivity contribution in [2.75, 3.05) is 7.11 Å². The van der Waals surface area contributed by atoms with Crippen molar-refractivity contribution in [3.8, 4) is 5.75 Å². The number of rotatable bonds is 5. The molecule has 0 saturated heterocycles. The summed E-state index contributed by atoms with van der Waals surface area (Å²) in [7, 11) is 1.64. The number of hydrogen-bond acceptors (Lipinski definition) is 1. The fourth-order valence-electron chi connectivity index (χ4n) is 3.84. The molecule has 0 aliphatic heterocycles. The molecule has 0 spiro atoms. The van der Waals surface area contributed by atoms with E-state index in [-0.39, 0.29) is 5.82 Å². The van der Waals surface area contributed by atoms with E-state index in [1.807, 2.05) is 36.4 Å². The monoisotopic (exact) mass is 312 g/mol. The minimum atomic E-state index is -0.0419. The molecule has 1 nitrogen and oxygen atoms in total. The Morgan fingerprint density at radius 3 is 2.65 bits per heavy atom. The first kappa shape index (κ1) is 16.0. The summed E-state index contributed by atoms with van der Waals surface area (Å²) in [5.41, 5.74) is 0.893. The molecule has 0 unspecified atom stereocenters. The molecule has 1 aliphatic rings. The van der Waals surface area contributed by atoms with E-state index in [1.54, 1.807) is 7.11 Å². The highest BCUT2D eigenvalue weighted by Crippen LogP contribution is 2.40. The van der Waals surface area contributed by atoms with E-state index < -0.39 is 0 Å². The van der Waals surface area contributed by atoms with Gasteiger partial charge in [0, 0.05) is 5.39 Å². The van der Waals surface area contributed by atoms with Crippen LogP contribution in [0.1, 0.15) is 50.0 Å². The Morgan fingerprint density at radius 2 is 1.96 bits per heavy atom. The first-order chi connectivity index (χ1) is 11.2. The van der Waals surface area contributed by atoms with Crippen LogP contribution >= 0.6 is 0 Å². The summed E-state index contributed by atoms with van der Waals surface area (Å²) in [5, 5.41) is 1.61. The highest BCUT2D eigenvalue weighted by molar-refractivity contribution is 5.85. The quantitative estimate of drug-likeness (QED) is 0.595. The molecule has 2 heteroatoms. The average Bonchev–Trinajstić information content (AvgIpc) is 2.60. The Labute approximate surface area is 138 Å². The lowest BCUT2D eigenvalue weighted by Crippen LogP contribution is -2.14. The lowest BCUT2D eigenvalue weighted by Gasteiger charge is -2.29. The standard InChI is InChI=1S/C21H25FO/c1-3-4-5-15-6-8-16(9-7-15)19-12-10-17-14-18(23-2)11-13-20(17)21(19)22/h3,10-16H,1,4-9H2,2H3. The topological polar surface area (TPSA) is 9.23 Å². The minimum absolute atomic E-state index is 0.0419. The molecule has 2 aromatic carbocycles. The third-order valence-corrected chi connectivity index (χ3v) is 5.26. The first-order valence-electron chi connectivity index (χ1n) is 8.60. The molecule has 0 bridgehead atoms. The molecular formula is C21H25FO. The van der Waals surface area contributed by atoms with Gasteiger partial charge in [0.05, 0.1) is 7.11 Å². The minimum Gasteiger partial charge on any atom is -0.497 e. The number of allylic oxidation sites excluding steroid dienone is 1. The Morgan fingerprint density at radius 1 is 1.17 bits per heavy atom. The molecule has 0 N–H and O–H groups in total. The van der Waals surface area contributed by atoms with Crippen LogP contribution in [0.5, 0.6) is 5.75 Å². The summed E-state index contributed by atoms with van der Waals surface area (Å²) in [5.74, 6) is 1.88. The molecule has 0 atom stereocenters. The van der Waals surface area contributed by atoms with E-state index in [2.05, 4.69) is 6.58 Å². The predicted octanol–water partition coefficient (Wildman–Crippen LogP) is 6.23. The van der Waals surface area contributed by atoms with Crippen LogP contribution in [0.25, 0.3) is 10.8 Å². The van der Waals surface area contributed by atoms with Gasteiger partial charge in [0.2, 0.25) is 0 Å². The Balaban J connectivity index is 1.78. The second kappa shape index (κ2) is 7.16. The van der Waals surface area contributed by atoms with Gasteiger partial charge in [-0.3, -0.25) is 0 Å². The number of halogens is 1. The van der Waals surface area contributed by atoms with Crippen molar-refractivity contribution < 1.29 is 9.13 Å². The molecule has 2 aromatic rings. The average molecular weight is 312 g/mol.